The maximum absolute atomic E-state index is 12.0. The highest BCUT2D eigenvalue weighted by atomic mass is 16.6. The molecule has 0 saturated heterocycles. The van der Waals surface area contributed by atoms with Gasteiger partial charge >= 0.3 is 11.8 Å². The van der Waals surface area contributed by atoms with E-state index in [-0.39, 0.29) is 17.4 Å². The fourth-order valence-electron chi connectivity index (χ4n) is 2.64. The van der Waals surface area contributed by atoms with Gasteiger partial charge in [0.2, 0.25) is 0 Å². The zero-order valence-electron chi connectivity index (χ0n) is 12.4. The van der Waals surface area contributed by atoms with Crippen molar-refractivity contribution in [1.82, 2.24) is 5.32 Å². The molecule has 1 aromatic rings. The molecular formula is C15H19N3O4. The van der Waals surface area contributed by atoms with E-state index < -0.39 is 16.7 Å². The van der Waals surface area contributed by atoms with Crippen molar-refractivity contribution < 1.29 is 14.5 Å². The van der Waals surface area contributed by atoms with Crippen LogP contribution in [-0.4, -0.2) is 22.8 Å². The summed E-state index contributed by atoms with van der Waals surface area (Å²) in [5.41, 5.74) is 0.378. The van der Waals surface area contributed by atoms with Gasteiger partial charge in [0.25, 0.3) is 5.69 Å². The Kier molecular flexibility index (Phi) is 5.08. The van der Waals surface area contributed by atoms with Crippen molar-refractivity contribution in [2.75, 3.05) is 5.32 Å². The minimum absolute atomic E-state index is 0.0128. The van der Waals surface area contributed by atoms with Gasteiger partial charge in [0, 0.05) is 12.1 Å². The molecule has 0 unspecified atom stereocenters. The number of rotatable bonds is 3. The van der Waals surface area contributed by atoms with Gasteiger partial charge in [-0.3, -0.25) is 19.7 Å². The van der Waals surface area contributed by atoms with Crippen molar-refractivity contribution in [3.8, 4) is 0 Å². The van der Waals surface area contributed by atoms with Crippen molar-refractivity contribution in [3.05, 3.63) is 33.9 Å². The molecule has 1 aromatic carbocycles. The van der Waals surface area contributed by atoms with Gasteiger partial charge in [0.05, 0.1) is 4.92 Å². The first-order valence-electron chi connectivity index (χ1n) is 7.35. The van der Waals surface area contributed by atoms with Gasteiger partial charge in [-0.2, -0.15) is 0 Å². The third kappa shape index (κ3) is 3.81. The van der Waals surface area contributed by atoms with Crippen LogP contribution in [0.2, 0.25) is 0 Å². The third-order valence-corrected chi connectivity index (χ3v) is 3.83. The lowest BCUT2D eigenvalue weighted by Gasteiger charge is -2.22. The Morgan fingerprint density at radius 3 is 2.50 bits per heavy atom. The summed E-state index contributed by atoms with van der Waals surface area (Å²) in [6.45, 7) is 1.64. The van der Waals surface area contributed by atoms with Crippen LogP contribution in [0.25, 0.3) is 0 Å². The Balaban J connectivity index is 2.05. The zero-order valence-corrected chi connectivity index (χ0v) is 12.4. The summed E-state index contributed by atoms with van der Waals surface area (Å²) in [5, 5.41) is 16.0. The lowest BCUT2D eigenvalue weighted by molar-refractivity contribution is -0.384. The molecule has 0 radical (unpaired) electrons. The molecular weight excluding hydrogens is 286 g/mol. The van der Waals surface area contributed by atoms with E-state index in [4.69, 9.17) is 0 Å². The van der Waals surface area contributed by atoms with Gasteiger partial charge in [-0.1, -0.05) is 31.4 Å². The summed E-state index contributed by atoms with van der Waals surface area (Å²) in [6.07, 6.45) is 4.95. The van der Waals surface area contributed by atoms with E-state index >= 15 is 0 Å². The molecule has 0 heterocycles. The van der Waals surface area contributed by atoms with Gasteiger partial charge in [-0.25, -0.2) is 0 Å². The van der Waals surface area contributed by atoms with E-state index in [0.29, 0.717) is 5.56 Å². The molecule has 118 valence electrons. The molecule has 1 saturated carbocycles. The largest absolute Gasteiger partial charge is 0.345 e. The number of nitro groups is 1. The molecule has 7 heteroatoms. The summed E-state index contributed by atoms with van der Waals surface area (Å²) in [6, 6.07) is 4.48. The van der Waals surface area contributed by atoms with Crippen LogP contribution < -0.4 is 10.6 Å². The summed E-state index contributed by atoms with van der Waals surface area (Å²) in [7, 11) is 0. The topological polar surface area (TPSA) is 101 Å². The molecule has 0 spiro atoms. The highest BCUT2D eigenvalue weighted by molar-refractivity contribution is 6.40. The fourth-order valence-corrected chi connectivity index (χ4v) is 2.64. The smallest absolute Gasteiger partial charge is 0.313 e. The standard InChI is InChI=1S/C15H19N3O4/c1-10-6-5-9-12(18(21)22)13(10)17-15(20)14(19)16-11-7-3-2-4-8-11/h5-6,9,11H,2-4,7-8H2,1H3,(H,16,19)(H,17,20). The lowest BCUT2D eigenvalue weighted by Crippen LogP contribution is -2.42. The minimum atomic E-state index is -0.872. The summed E-state index contributed by atoms with van der Waals surface area (Å²) in [5.74, 6) is -1.62. The monoisotopic (exact) mass is 305 g/mol. The van der Waals surface area contributed by atoms with Crippen molar-refractivity contribution in [2.45, 2.75) is 45.1 Å². The van der Waals surface area contributed by atoms with Crippen LogP contribution in [-0.2, 0) is 9.59 Å². The van der Waals surface area contributed by atoms with Crippen molar-refractivity contribution >= 4 is 23.2 Å². The molecule has 1 aliphatic carbocycles. The second-order valence-electron chi connectivity index (χ2n) is 5.49. The predicted molar refractivity (Wildman–Crippen MR) is 81.5 cm³/mol. The molecule has 0 atom stereocenters. The van der Waals surface area contributed by atoms with E-state index in [9.17, 15) is 19.7 Å². The number of nitrogens with one attached hydrogen (secondary N) is 2. The lowest BCUT2D eigenvalue weighted by atomic mass is 9.95. The SMILES string of the molecule is Cc1cccc([N+](=O)[O-])c1NC(=O)C(=O)NC1CCCCC1. The normalized spacial score (nSPS) is 15.1. The van der Waals surface area contributed by atoms with Crippen molar-refractivity contribution in [1.29, 1.82) is 0 Å². The molecule has 7 nitrogen and oxygen atoms in total. The van der Waals surface area contributed by atoms with Crippen LogP contribution in [0.15, 0.2) is 18.2 Å². The fraction of sp³-hybridized carbons (Fsp3) is 0.467. The van der Waals surface area contributed by atoms with Crippen LogP contribution in [0.5, 0.6) is 0 Å². The van der Waals surface area contributed by atoms with E-state index in [1.165, 1.54) is 12.1 Å². The van der Waals surface area contributed by atoms with Crippen LogP contribution in [0.3, 0.4) is 0 Å². The van der Waals surface area contributed by atoms with Crippen LogP contribution in [0.1, 0.15) is 37.7 Å². The molecule has 1 aliphatic rings. The number of para-hydroxylation sites is 1. The van der Waals surface area contributed by atoms with Crippen LogP contribution in [0, 0.1) is 17.0 Å². The Morgan fingerprint density at radius 1 is 1.18 bits per heavy atom. The highest BCUT2D eigenvalue weighted by Gasteiger charge is 2.24. The van der Waals surface area contributed by atoms with E-state index in [2.05, 4.69) is 10.6 Å². The molecule has 1 fully saturated rings. The zero-order chi connectivity index (χ0) is 16.1. The van der Waals surface area contributed by atoms with Gasteiger partial charge in [0.15, 0.2) is 0 Å². The Bertz CT molecular complexity index is 594. The maximum atomic E-state index is 12.0. The minimum Gasteiger partial charge on any atom is -0.345 e. The van der Waals surface area contributed by atoms with E-state index in [0.717, 1.165) is 32.1 Å². The molecule has 0 aromatic heterocycles. The average molecular weight is 305 g/mol. The van der Waals surface area contributed by atoms with Gasteiger partial charge in [-0.05, 0) is 25.3 Å². The number of nitrogens with zero attached hydrogens (tertiary/aromatic N) is 1. The molecule has 2 rings (SSSR count). The number of nitro benzene ring substituents is 1. The first-order chi connectivity index (χ1) is 10.5. The van der Waals surface area contributed by atoms with E-state index in [1.807, 2.05) is 0 Å². The first-order valence-corrected chi connectivity index (χ1v) is 7.35. The number of amides is 2. The maximum Gasteiger partial charge on any atom is 0.313 e. The van der Waals surface area contributed by atoms with Gasteiger partial charge in [0.1, 0.15) is 5.69 Å². The van der Waals surface area contributed by atoms with Crippen molar-refractivity contribution in [2.24, 2.45) is 0 Å². The quantitative estimate of drug-likeness (QED) is 0.508. The Labute approximate surface area is 128 Å². The first kappa shape index (κ1) is 15.9. The summed E-state index contributed by atoms with van der Waals surface area (Å²) in [4.78, 5) is 34.3. The highest BCUT2D eigenvalue weighted by Crippen LogP contribution is 2.27. The van der Waals surface area contributed by atoms with Gasteiger partial charge in [-0.15, -0.1) is 0 Å². The number of hydrogen-bond acceptors (Lipinski definition) is 4. The molecule has 2 N–H and O–H groups in total. The number of anilines is 1. The predicted octanol–water partition coefficient (Wildman–Crippen LogP) is 2.29. The van der Waals surface area contributed by atoms with Crippen LogP contribution in [0.4, 0.5) is 11.4 Å². The van der Waals surface area contributed by atoms with Gasteiger partial charge < -0.3 is 10.6 Å². The number of hydrogen-bond donors (Lipinski definition) is 2. The molecule has 0 aliphatic heterocycles. The number of carbonyl (C=O) groups excluding carboxylic acids is 2. The van der Waals surface area contributed by atoms with Crippen LogP contribution >= 0.6 is 0 Å². The molecule has 2 amide bonds. The average Bonchev–Trinajstić information content (AvgIpc) is 2.49. The molecule has 22 heavy (non-hydrogen) atoms. The second kappa shape index (κ2) is 7.02. The number of benzene rings is 1. The Morgan fingerprint density at radius 2 is 1.86 bits per heavy atom. The number of carbonyl (C=O) groups is 2. The second-order valence-corrected chi connectivity index (χ2v) is 5.49. The van der Waals surface area contributed by atoms with Crippen molar-refractivity contribution in [3.63, 3.8) is 0 Å². The number of aryl methyl sites for hydroxylation is 1. The third-order valence-electron chi connectivity index (χ3n) is 3.83. The summed E-state index contributed by atoms with van der Waals surface area (Å²) < 4.78 is 0. The molecule has 0 bridgehead atoms. The Hall–Kier alpha value is -2.44. The van der Waals surface area contributed by atoms with E-state index in [1.54, 1.807) is 13.0 Å². The summed E-state index contributed by atoms with van der Waals surface area (Å²) >= 11 is 0.